The van der Waals surface area contributed by atoms with E-state index in [4.69, 9.17) is 15.2 Å². The van der Waals surface area contributed by atoms with Crippen LogP contribution in [0.25, 0.3) is 0 Å². The number of hydrogen-bond donors (Lipinski definition) is 3. The lowest BCUT2D eigenvalue weighted by atomic mass is 9.95. The van der Waals surface area contributed by atoms with Crippen LogP contribution in [0.3, 0.4) is 0 Å². The minimum atomic E-state index is -0.810. The summed E-state index contributed by atoms with van der Waals surface area (Å²) in [5.74, 6) is 0.787. The number of benzene rings is 2. The Labute approximate surface area is 129 Å². The van der Waals surface area contributed by atoms with Crippen molar-refractivity contribution in [2.45, 2.75) is 18.6 Å². The Morgan fingerprint density at radius 1 is 1.05 bits per heavy atom. The SMILES string of the molecule is COc1cc(O)cc(OC)c1[C@H](N)[C@H](O)Cc1ccccc1. The highest BCUT2D eigenvalue weighted by molar-refractivity contribution is 5.52. The molecule has 0 saturated heterocycles. The van der Waals surface area contributed by atoms with Crippen LogP contribution in [0.2, 0.25) is 0 Å². The number of rotatable bonds is 6. The van der Waals surface area contributed by atoms with Gasteiger partial charge in [0.15, 0.2) is 0 Å². The van der Waals surface area contributed by atoms with Crippen molar-refractivity contribution < 1.29 is 19.7 Å². The summed E-state index contributed by atoms with van der Waals surface area (Å²) >= 11 is 0. The lowest BCUT2D eigenvalue weighted by Gasteiger charge is -2.23. The molecule has 0 saturated carbocycles. The maximum absolute atomic E-state index is 10.4. The van der Waals surface area contributed by atoms with Gasteiger partial charge in [-0.1, -0.05) is 30.3 Å². The van der Waals surface area contributed by atoms with Gasteiger partial charge in [-0.05, 0) is 5.56 Å². The first-order valence-electron chi connectivity index (χ1n) is 6.99. The highest BCUT2D eigenvalue weighted by Gasteiger charge is 2.25. The third-order valence-corrected chi connectivity index (χ3v) is 3.56. The number of aliphatic hydroxyl groups is 1. The lowest BCUT2D eigenvalue weighted by Crippen LogP contribution is -2.29. The van der Waals surface area contributed by atoms with Crippen molar-refractivity contribution >= 4 is 0 Å². The van der Waals surface area contributed by atoms with Crippen molar-refractivity contribution in [3.05, 3.63) is 53.6 Å². The molecule has 22 heavy (non-hydrogen) atoms. The number of aliphatic hydroxyl groups excluding tert-OH is 1. The number of phenolic OH excluding ortho intramolecular Hbond substituents is 1. The fourth-order valence-corrected chi connectivity index (χ4v) is 2.43. The molecule has 0 amide bonds. The predicted molar refractivity (Wildman–Crippen MR) is 84.3 cm³/mol. The van der Waals surface area contributed by atoms with Crippen LogP contribution in [0.5, 0.6) is 17.2 Å². The van der Waals surface area contributed by atoms with E-state index in [0.29, 0.717) is 23.5 Å². The van der Waals surface area contributed by atoms with Gasteiger partial charge in [-0.15, -0.1) is 0 Å². The van der Waals surface area contributed by atoms with Crippen molar-refractivity contribution in [3.63, 3.8) is 0 Å². The zero-order chi connectivity index (χ0) is 16.1. The molecule has 2 rings (SSSR count). The maximum atomic E-state index is 10.4. The normalized spacial score (nSPS) is 13.5. The molecule has 0 aromatic heterocycles. The summed E-state index contributed by atoms with van der Waals surface area (Å²) in [5.41, 5.74) is 7.72. The Balaban J connectivity index is 2.30. The van der Waals surface area contributed by atoms with E-state index in [1.54, 1.807) is 0 Å². The van der Waals surface area contributed by atoms with E-state index in [0.717, 1.165) is 5.56 Å². The van der Waals surface area contributed by atoms with Crippen LogP contribution >= 0.6 is 0 Å². The lowest BCUT2D eigenvalue weighted by molar-refractivity contribution is 0.142. The van der Waals surface area contributed by atoms with Crippen molar-refractivity contribution in [1.82, 2.24) is 0 Å². The second-order valence-corrected chi connectivity index (χ2v) is 5.05. The molecule has 0 aliphatic heterocycles. The minimum absolute atomic E-state index is 0.0159. The molecule has 2 atom stereocenters. The third kappa shape index (κ3) is 3.50. The second kappa shape index (κ2) is 7.15. The molecule has 2 aromatic rings. The topological polar surface area (TPSA) is 84.9 Å². The van der Waals surface area contributed by atoms with Gasteiger partial charge in [0, 0.05) is 18.6 Å². The van der Waals surface area contributed by atoms with Gasteiger partial charge in [0.25, 0.3) is 0 Å². The van der Waals surface area contributed by atoms with Crippen LogP contribution in [0, 0.1) is 0 Å². The van der Waals surface area contributed by atoms with Crippen molar-refractivity contribution in [3.8, 4) is 17.2 Å². The summed E-state index contributed by atoms with van der Waals surface area (Å²) < 4.78 is 10.5. The van der Waals surface area contributed by atoms with Crippen LogP contribution in [-0.2, 0) is 6.42 Å². The molecule has 0 bridgehead atoms. The van der Waals surface area contributed by atoms with Crippen LogP contribution in [-0.4, -0.2) is 30.5 Å². The average molecular weight is 303 g/mol. The summed E-state index contributed by atoms with van der Waals surface area (Å²) in [6, 6.07) is 11.8. The monoisotopic (exact) mass is 303 g/mol. The van der Waals surface area contributed by atoms with Gasteiger partial charge >= 0.3 is 0 Å². The molecule has 0 unspecified atom stereocenters. The Kier molecular flexibility index (Phi) is 5.25. The highest BCUT2D eigenvalue weighted by atomic mass is 16.5. The maximum Gasteiger partial charge on any atom is 0.131 e. The van der Waals surface area contributed by atoms with Gasteiger partial charge in [-0.25, -0.2) is 0 Å². The first-order chi connectivity index (χ1) is 10.6. The summed E-state index contributed by atoms with van der Waals surface area (Å²) in [5, 5.41) is 20.1. The van der Waals surface area contributed by atoms with E-state index in [1.165, 1.54) is 26.4 Å². The third-order valence-electron chi connectivity index (χ3n) is 3.56. The van der Waals surface area contributed by atoms with E-state index in [2.05, 4.69) is 0 Å². The van der Waals surface area contributed by atoms with E-state index >= 15 is 0 Å². The summed E-state index contributed by atoms with van der Waals surface area (Å²) in [7, 11) is 2.96. The molecule has 118 valence electrons. The molecule has 4 N–H and O–H groups in total. The summed E-state index contributed by atoms with van der Waals surface area (Å²) in [6.07, 6.45) is -0.399. The van der Waals surface area contributed by atoms with Crippen LogP contribution in [0.4, 0.5) is 0 Å². The number of phenols is 1. The zero-order valence-electron chi connectivity index (χ0n) is 12.7. The first-order valence-corrected chi connectivity index (χ1v) is 6.99. The number of hydrogen-bond acceptors (Lipinski definition) is 5. The van der Waals surface area contributed by atoms with Crippen molar-refractivity contribution in [1.29, 1.82) is 0 Å². The van der Waals surface area contributed by atoms with E-state index in [-0.39, 0.29) is 5.75 Å². The molecule has 0 aliphatic rings. The van der Waals surface area contributed by atoms with Crippen LogP contribution in [0.1, 0.15) is 17.2 Å². The molecular formula is C17H21NO4. The molecular weight excluding hydrogens is 282 g/mol. The van der Waals surface area contributed by atoms with E-state index in [9.17, 15) is 10.2 Å². The summed E-state index contributed by atoms with van der Waals surface area (Å²) in [4.78, 5) is 0. The molecule has 0 aliphatic carbocycles. The highest BCUT2D eigenvalue weighted by Crippen LogP contribution is 2.38. The number of aromatic hydroxyl groups is 1. The Morgan fingerprint density at radius 2 is 1.59 bits per heavy atom. The van der Waals surface area contributed by atoms with Crippen LogP contribution < -0.4 is 15.2 Å². The summed E-state index contributed by atoms with van der Waals surface area (Å²) in [6.45, 7) is 0. The predicted octanol–water partition coefficient (Wildman–Crippen LogP) is 2.01. The standard InChI is InChI=1S/C17H21NO4/c1-21-14-9-12(19)10-15(22-2)16(14)17(18)13(20)8-11-6-4-3-5-7-11/h3-7,9-10,13,17,19-20H,8,18H2,1-2H3/t13-,17-/m1/s1. The number of methoxy groups -OCH3 is 2. The molecule has 0 fully saturated rings. The first kappa shape index (κ1) is 16.1. The molecule has 5 heteroatoms. The number of nitrogens with two attached hydrogens (primary N) is 1. The van der Waals surface area contributed by atoms with Gasteiger partial charge in [0.2, 0.25) is 0 Å². The minimum Gasteiger partial charge on any atom is -0.508 e. The van der Waals surface area contributed by atoms with Crippen LogP contribution in [0.15, 0.2) is 42.5 Å². The zero-order valence-corrected chi connectivity index (χ0v) is 12.7. The largest absolute Gasteiger partial charge is 0.508 e. The van der Waals surface area contributed by atoms with Crippen molar-refractivity contribution in [2.75, 3.05) is 14.2 Å². The molecule has 0 radical (unpaired) electrons. The molecule has 5 nitrogen and oxygen atoms in total. The van der Waals surface area contributed by atoms with Gasteiger partial charge < -0.3 is 25.4 Å². The fraction of sp³-hybridized carbons (Fsp3) is 0.294. The quantitative estimate of drug-likeness (QED) is 0.760. The molecule has 2 aromatic carbocycles. The Hall–Kier alpha value is -2.24. The Morgan fingerprint density at radius 3 is 2.09 bits per heavy atom. The van der Waals surface area contributed by atoms with Gasteiger partial charge in [-0.3, -0.25) is 0 Å². The molecule has 0 spiro atoms. The van der Waals surface area contributed by atoms with Gasteiger partial charge in [0.05, 0.1) is 31.9 Å². The van der Waals surface area contributed by atoms with Gasteiger partial charge in [-0.2, -0.15) is 0 Å². The smallest absolute Gasteiger partial charge is 0.131 e. The average Bonchev–Trinajstić information content (AvgIpc) is 2.54. The van der Waals surface area contributed by atoms with E-state index in [1.807, 2.05) is 30.3 Å². The number of ether oxygens (including phenoxy) is 2. The second-order valence-electron chi connectivity index (χ2n) is 5.05. The fourth-order valence-electron chi connectivity index (χ4n) is 2.43. The van der Waals surface area contributed by atoms with Crippen molar-refractivity contribution in [2.24, 2.45) is 5.73 Å². The van der Waals surface area contributed by atoms with Gasteiger partial charge in [0.1, 0.15) is 17.2 Å². The van der Waals surface area contributed by atoms with E-state index < -0.39 is 12.1 Å². The molecule has 0 heterocycles. The Bertz CT molecular complexity index is 590.